The molecule has 0 radical (unpaired) electrons. The first-order chi connectivity index (χ1) is 9.08. The highest BCUT2D eigenvalue weighted by Crippen LogP contribution is 2.23. The van der Waals surface area contributed by atoms with Crippen molar-refractivity contribution < 1.29 is 14.7 Å². The van der Waals surface area contributed by atoms with Crippen molar-refractivity contribution >= 4 is 11.9 Å². The van der Waals surface area contributed by atoms with E-state index in [1.165, 1.54) is 0 Å². The molecule has 0 aliphatic carbocycles. The summed E-state index contributed by atoms with van der Waals surface area (Å²) in [4.78, 5) is 24.6. The summed E-state index contributed by atoms with van der Waals surface area (Å²) in [6.07, 6.45) is 4.27. The third-order valence-corrected chi connectivity index (χ3v) is 3.73. The molecule has 2 rings (SSSR count). The number of carbonyl (C=O) groups excluding carboxylic acids is 1. The normalized spacial score (nSPS) is 16.6. The van der Waals surface area contributed by atoms with Gasteiger partial charge in [-0.3, -0.25) is 14.7 Å². The molecule has 1 aliphatic heterocycles. The van der Waals surface area contributed by atoms with Gasteiger partial charge in [0.25, 0.3) is 5.91 Å². The Labute approximate surface area is 111 Å². The lowest BCUT2D eigenvalue weighted by Crippen LogP contribution is -2.38. The van der Waals surface area contributed by atoms with Crippen LogP contribution in [0.15, 0.2) is 6.20 Å². The van der Waals surface area contributed by atoms with Crippen LogP contribution in [0.1, 0.15) is 41.7 Å². The lowest BCUT2D eigenvalue weighted by Gasteiger charge is -2.31. The van der Waals surface area contributed by atoms with Gasteiger partial charge in [-0.1, -0.05) is 0 Å². The van der Waals surface area contributed by atoms with Crippen LogP contribution in [0.3, 0.4) is 0 Å². The molecule has 6 nitrogen and oxygen atoms in total. The number of amides is 1. The molecule has 6 heteroatoms. The van der Waals surface area contributed by atoms with E-state index in [1.54, 1.807) is 6.20 Å². The number of rotatable bonds is 4. The van der Waals surface area contributed by atoms with Crippen LogP contribution in [0.25, 0.3) is 0 Å². The van der Waals surface area contributed by atoms with Crippen LogP contribution in [0.2, 0.25) is 0 Å². The lowest BCUT2D eigenvalue weighted by molar-refractivity contribution is -0.137. The Morgan fingerprint density at radius 3 is 2.68 bits per heavy atom. The predicted octanol–water partition coefficient (Wildman–Crippen LogP) is 1.44. The van der Waals surface area contributed by atoms with E-state index >= 15 is 0 Å². The minimum atomic E-state index is -0.743. The van der Waals surface area contributed by atoms with Gasteiger partial charge in [0, 0.05) is 25.2 Å². The number of H-pyrrole nitrogens is 1. The molecule has 2 heterocycles. The standard InChI is InChI=1S/C13H19N3O3/c1-9-11(8-14-15-9)13(19)16-6-4-10(5-7-16)2-3-12(17)18/h8,10H,2-7H2,1H3,(H,14,15)(H,17,18). The summed E-state index contributed by atoms with van der Waals surface area (Å²) in [5.41, 5.74) is 1.42. The second-order valence-electron chi connectivity index (χ2n) is 5.08. The molecule has 0 bridgehead atoms. The molecule has 1 amide bonds. The van der Waals surface area contributed by atoms with Crippen molar-refractivity contribution in [2.45, 2.75) is 32.6 Å². The smallest absolute Gasteiger partial charge is 0.303 e. The Balaban J connectivity index is 1.85. The summed E-state index contributed by atoms with van der Waals surface area (Å²) in [5, 5.41) is 15.3. The van der Waals surface area contributed by atoms with Gasteiger partial charge >= 0.3 is 5.97 Å². The maximum Gasteiger partial charge on any atom is 0.303 e. The molecule has 1 aromatic rings. The lowest BCUT2D eigenvalue weighted by atomic mass is 9.92. The van der Waals surface area contributed by atoms with Gasteiger partial charge in [0.05, 0.1) is 11.8 Å². The van der Waals surface area contributed by atoms with Crippen LogP contribution in [0, 0.1) is 12.8 Å². The molecular formula is C13H19N3O3. The maximum atomic E-state index is 12.2. The minimum absolute atomic E-state index is 0.0166. The average molecular weight is 265 g/mol. The van der Waals surface area contributed by atoms with Crippen molar-refractivity contribution in [3.05, 3.63) is 17.5 Å². The number of piperidine rings is 1. The Hall–Kier alpha value is -1.85. The van der Waals surface area contributed by atoms with E-state index in [1.807, 2.05) is 11.8 Å². The number of likely N-dealkylation sites (tertiary alicyclic amines) is 1. The summed E-state index contributed by atoms with van der Waals surface area (Å²) in [5.74, 6) is -0.305. The van der Waals surface area contributed by atoms with Gasteiger partial charge in [0.1, 0.15) is 0 Å². The first-order valence-corrected chi connectivity index (χ1v) is 6.59. The third-order valence-electron chi connectivity index (χ3n) is 3.73. The average Bonchev–Trinajstić information content (AvgIpc) is 2.82. The molecule has 1 fully saturated rings. The fraction of sp³-hybridized carbons (Fsp3) is 0.615. The topological polar surface area (TPSA) is 86.3 Å². The van der Waals surface area contributed by atoms with Crippen LogP contribution in [-0.2, 0) is 4.79 Å². The third kappa shape index (κ3) is 3.33. The molecule has 2 N–H and O–H groups in total. The Morgan fingerprint density at radius 2 is 2.16 bits per heavy atom. The molecule has 1 aromatic heterocycles. The van der Waals surface area contributed by atoms with Gasteiger partial charge in [-0.15, -0.1) is 0 Å². The maximum absolute atomic E-state index is 12.2. The second kappa shape index (κ2) is 5.86. The molecule has 0 atom stereocenters. The Kier molecular flexibility index (Phi) is 4.19. The zero-order chi connectivity index (χ0) is 13.8. The molecule has 19 heavy (non-hydrogen) atoms. The summed E-state index contributed by atoms with van der Waals surface area (Å²) in [6.45, 7) is 3.24. The van der Waals surface area contributed by atoms with Crippen LogP contribution >= 0.6 is 0 Å². The Morgan fingerprint density at radius 1 is 1.47 bits per heavy atom. The van der Waals surface area contributed by atoms with E-state index in [9.17, 15) is 9.59 Å². The van der Waals surface area contributed by atoms with Crippen LogP contribution in [-0.4, -0.2) is 45.2 Å². The summed E-state index contributed by atoms with van der Waals surface area (Å²) < 4.78 is 0. The zero-order valence-electron chi connectivity index (χ0n) is 11.1. The number of aryl methyl sites for hydroxylation is 1. The number of carboxylic acids is 1. The zero-order valence-corrected chi connectivity index (χ0v) is 11.1. The summed E-state index contributed by atoms with van der Waals surface area (Å²) in [6, 6.07) is 0. The molecule has 1 saturated heterocycles. The largest absolute Gasteiger partial charge is 0.481 e. The second-order valence-corrected chi connectivity index (χ2v) is 5.08. The van der Waals surface area contributed by atoms with Crippen molar-refractivity contribution in [3.63, 3.8) is 0 Å². The van der Waals surface area contributed by atoms with Gasteiger partial charge in [0.15, 0.2) is 0 Å². The fourth-order valence-electron chi connectivity index (χ4n) is 2.49. The Bertz CT molecular complexity index is 461. The van der Waals surface area contributed by atoms with Crippen molar-refractivity contribution in [2.24, 2.45) is 5.92 Å². The number of aliphatic carboxylic acids is 1. The van der Waals surface area contributed by atoms with E-state index in [-0.39, 0.29) is 12.3 Å². The van der Waals surface area contributed by atoms with Crippen molar-refractivity contribution in [1.82, 2.24) is 15.1 Å². The number of carbonyl (C=O) groups is 2. The molecule has 0 unspecified atom stereocenters. The molecule has 0 spiro atoms. The highest BCUT2D eigenvalue weighted by atomic mass is 16.4. The van der Waals surface area contributed by atoms with Gasteiger partial charge in [-0.2, -0.15) is 5.10 Å². The van der Waals surface area contributed by atoms with E-state index in [4.69, 9.17) is 5.11 Å². The highest BCUT2D eigenvalue weighted by Gasteiger charge is 2.25. The van der Waals surface area contributed by atoms with E-state index in [2.05, 4.69) is 10.2 Å². The van der Waals surface area contributed by atoms with E-state index in [0.29, 0.717) is 31.0 Å². The van der Waals surface area contributed by atoms with E-state index in [0.717, 1.165) is 18.5 Å². The number of hydrogen-bond donors (Lipinski definition) is 2. The predicted molar refractivity (Wildman–Crippen MR) is 68.8 cm³/mol. The van der Waals surface area contributed by atoms with Gasteiger partial charge in [-0.25, -0.2) is 0 Å². The summed E-state index contributed by atoms with van der Waals surface area (Å²) in [7, 11) is 0. The SMILES string of the molecule is Cc1[nH]ncc1C(=O)N1CCC(CCC(=O)O)CC1. The van der Waals surface area contributed by atoms with Crippen LogP contribution < -0.4 is 0 Å². The monoisotopic (exact) mass is 265 g/mol. The molecular weight excluding hydrogens is 246 g/mol. The molecule has 0 aromatic carbocycles. The first-order valence-electron chi connectivity index (χ1n) is 6.59. The van der Waals surface area contributed by atoms with Gasteiger partial charge in [0.2, 0.25) is 0 Å². The number of aromatic amines is 1. The number of nitrogens with one attached hydrogen (secondary N) is 1. The van der Waals surface area contributed by atoms with Gasteiger partial charge in [-0.05, 0) is 32.1 Å². The molecule has 104 valence electrons. The highest BCUT2D eigenvalue weighted by molar-refractivity contribution is 5.95. The summed E-state index contributed by atoms with van der Waals surface area (Å²) >= 11 is 0. The molecule has 1 aliphatic rings. The fourth-order valence-corrected chi connectivity index (χ4v) is 2.49. The number of carboxylic acid groups (broad SMARTS) is 1. The van der Waals surface area contributed by atoms with Crippen molar-refractivity contribution in [1.29, 1.82) is 0 Å². The van der Waals surface area contributed by atoms with Gasteiger partial charge < -0.3 is 10.0 Å². The van der Waals surface area contributed by atoms with Crippen molar-refractivity contribution in [2.75, 3.05) is 13.1 Å². The molecule has 0 saturated carbocycles. The first kappa shape index (κ1) is 13.6. The van der Waals surface area contributed by atoms with Crippen LogP contribution in [0.4, 0.5) is 0 Å². The minimum Gasteiger partial charge on any atom is -0.481 e. The number of aromatic nitrogens is 2. The number of nitrogens with zero attached hydrogens (tertiary/aromatic N) is 2. The van der Waals surface area contributed by atoms with E-state index < -0.39 is 5.97 Å². The number of hydrogen-bond acceptors (Lipinski definition) is 3. The van der Waals surface area contributed by atoms with Crippen LogP contribution in [0.5, 0.6) is 0 Å². The quantitative estimate of drug-likeness (QED) is 0.862. The van der Waals surface area contributed by atoms with Crippen molar-refractivity contribution in [3.8, 4) is 0 Å².